The standard InChI is InChI=1S/C12H14N2O4/c15-9-4-1-3-8(13-9)11(18)14-12(5-2-6-12)7-10(16)17/h1,3-4H,2,5-7H2,(H,13,15)(H,14,18)(H,16,17). The molecule has 1 heterocycles. The third kappa shape index (κ3) is 2.58. The lowest BCUT2D eigenvalue weighted by Gasteiger charge is -2.41. The van der Waals surface area contributed by atoms with Crippen molar-refractivity contribution >= 4 is 11.9 Å². The van der Waals surface area contributed by atoms with Crippen molar-refractivity contribution < 1.29 is 14.7 Å². The van der Waals surface area contributed by atoms with Gasteiger partial charge in [-0.05, 0) is 25.3 Å². The molecule has 1 aliphatic rings. The number of aromatic amines is 1. The zero-order valence-electron chi connectivity index (χ0n) is 9.73. The first-order valence-electron chi connectivity index (χ1n) is 5.74. The molecule has 0 unspecified atom stereocenters. The minimum atomic E-state index is -0.934. The third-order valence-corrected chi connectivity index (χ3v) is 3.19. The van der Waals surface area contributed by atoms with E-state index in [9.17, 15) is 14.4 Å². The fourth-order valence-corrected chi connectivity index (χ4v) is 2.13. The van der Waals surface area contributed by atoms with E-state index in [4.69, 9.17) is 5.11 Å². The van der Waals surface area contributed by atoms with Crippen LogP contribution in [0.4, 0.5) is 0 Å². The normalized spacial score (nSPS) is 16.7. The van der Waals surface area contributed by atoms with Crippen molar-refractivity contribution in [3.8, 4) is 0 Å². The number of carboxylic acids is 1. The molecule has 0 aliphatic heterocycles. The van der Waals surface area contributed by atoms with Gasteiger partial charge < -0.3 is 15.4 Å². The molecule has 1 amide bonds. The summed E-state index contributed by atoms with van der Waals surface area (Å²) < 4.78 is 0. The topological polar surface area (TPSA) is 99.3 Å². The second kappa shape index (κ2) is 4.64. The van der Waals surface area contributed by atoms with Gasteiger partial charge in [0.15, 0.2) is 0 Å². The van der Waals surface area contributed by atoms with Gasteiger partial charge in [0, 0.05) is 6.07 Å². The molecule has 0 aromatic carbocycles. The smallest absolute Gasteiger partial charge is 0.305 e. The first-order chi connectivity index (χ1) is 8.51. The molecule has 0 atom stereocenters. The average Bonchev–Trinajstić information content (AvgIpc) is 2.25. The molecule has 2 rings (SSSR count). The highest BCUT2D eigenvalue weighted by atomic mass is 16.4. The van der Waals surface area contributed by atoms with E-state index in [0.717, 1.165) is 6.42 Å². The molecule has 0 saturated heterocycles. The first kappa shape index (κ1) is 12.3. The van der Waals surface area contributed by atoms with Crippen molar-refractivity contribution in [2.24, 2.45) is 0 Å². The molecule has 6 heteroatoms. The Labute approximate surface area is 103 Å². The maximum atomic E-state index is 11.9. The number of amides is 1. The minimum Gasteiger partial charge on any atom is -0.481 e. The molecular formula is C12H14N2O4. The van der Waals surface area contributed by atoms with Crippen molar-refractivity contribution in [2.75, 3.05) is 0 Å². The number of carbonyl (C=O) groups excluding carboxylic acids is 1. The monoisotopic (exact) mass is 250 g/mol. The number of pyridine rings is 1. The third-order valence-electron chi connectivity index (χ3n) is 3.19. The molecule has 6 nitrogen and oxygen atoms in total. The highest BCUT2D eigenvalue weighted by molar-refractivity contribution is 5.93. The van der Waals surface area contributed by atoms with E-state index in [-0.39, 0.29) is 17.7 Å². The Bertz CT molecular complexity index is 531. The molecule has 0 bridgehead atoms. The Balaban J connectivity index is 2.11. The minimum absolute atomic E-state index is 0.0875. The predicted molar refractivity (Wildman–Crippen MR) is 63.4 cm³/mol. The van der Waals surface area contributed by atoms with Crippen LogP contribution in [0.25, 0.3) is 0 Å². The summed E-state index contributed by atoms with van der Waals surface area (Å²) in [5.74, 6) is -1.37. The number of nitrogens with one attached hydrogen (secondary N) is 2. The van der Waals surface area contributed by atoms with Crippen molar-refractivity contribution in [3.05, 3.63) is 34.2 Å². The Kier molecular flexibility index (Phi) is 3.18. The molecule has 1 aromatic rings. The highest BCUT2D eigenvalue weighted by Crippen LogP contribution is 2.35. The van der Waals surface area contributed by atoms with Gasteiger partial charge in [-0.1, -0.05) is 6.07 Å². The molecule has 3 N–H and O–H groups in total. The Morgan fingerprint density at radius 1 is 1.39 bits per heavy atom. The summed E-state index contributed by atoms with van der Waals surface area (Å²) in [6.45, 7) is 0. The summed E-state index contributed by atoms with van der Waals surface area (Å²) in [5.41, 5.74) is -0.863. The van der Waals surface area contributed by atoms with Gasteiger partial charge in [-0.15, -0.1) is 0 Å². The van der Waals surface area contributed by atoms with Crippen LogP contribution < -0.4 is 10.9 Å². The summed E-state index contributed by atoms with van der Waals surface area (Å²) >= 11 is 0. The Morgan fingerprint density at radius 3 is 2.61 bits per heavy atom. The van der Waals surface area contributed by atoms with Crippen molar-refractivity contribution in [1.82, 2.24) is 10.3 Å². The van der Waals surface area contributed by atoms with E-state index in [1.165, 1.54) is 18.2 Å². The van der Waals surface area contributed by atoms with Crippen LogP contribution in [0.2, 0.25) is 0 Å². The van der Waals surface area contributed by atoms with Crippen LogP contribution in [0.3, 0.4) is 0 Å². The fourth-order valence-electron chi connectivity index (χ4n) is 2.13. The number of carbonyl (C=O) groups is 2. The van der Waals surface area contributed by atoms with Crippen LogP contribution in [-0.4, -0.2) is 27.5 Å². The predicted octanol–water partition coefficient (Wildman–Crippen LogP) is 0.502. The SMILES string of the molecule is O=C(O)CC1(NC(=O)c2cccc(=O)[nH]2)CCC1. The average molecular weight is 250 g/mol. The van der Waals surface area contributed by atoms with Gasteiger partial charge in [0.2, 0.25) is 5.56 Å². The molecule has 18 heavy (non-hydrogen) atoms. The van der Waals surface area contributed by atoms with Gasteiger partial charge in [0.1, 0.15) is 5.69 Å². The molecule has 1 saturated carbocycles. The molecule has 0 radical (unpaired) electrons. The fraction of sp³-hybridized carbons (Fsp3) is 0.417. The van der Waals surface area contributed by atoms with Crippen LogP contribution in [0.5, 0.6) is 0 Å². The van der Waals surface area contributed by atoms with Gasteiger partial charge in [0.05, 0.1) is 12.0 Å². The maximum Gasteiger partial charge on any atom is 0.305 e. The lowest BCUT2D eigenvalue weighted by molar-refractivity contribution is -0.139. The maximum absolute atomic E-state index is 11.9. The lowest BCUT2D eigenvalue weighted by Crippen LogP contribution is -2.54. The summed E-state index contributed by atoms with van der Waals surface area (Å²) in [7, 11) is 0. The number of carboxylic acid groups (broad SMARTS) is 1. The van der Waals surface area contributed by atoms with E-state index in [1.54, 1.807) is 0 Å². The Hall–Kier alpha value is -2.11. The van der Waals surface area contributed by atoms with Gasteiger partial charge in [-0.3, -0.25) is 14.4 Å². The lowest BCUT2D eigenvalue weighted by atomic mass is 9.74. The number of aromatic nitrogens is 1. The van der Waals surface area contributed by atoms with Crippen LogP contribution >= 0.6 is 0 Å². The van der Waals surface area contributed by atoms with Gasteiger partial charge in [-0.25, -0.2) is 0 Å². The zero-order valence-corrected chi connectivity index (χ0v) is 9.73. The molecule has 1 aromatic heterocycles. The van der Waals surface area contributed by atoms with Gasteiger partial charge in [-0.2, -0.15) is 0 Å². The molecule has 96 valence electrons. The largest absolute Gasteiger partial charge is 0.481 e. The molecule has 0 spiro atoms. The highest BCUT2D eigenvalue weighted by Gasteiger charge is 2.40. The first-order valence-corrected chi connectivity index (χ1v) is 5.74. The molecule has 1 fully saturated rings. The van der Waals surface area contributed by atoms with Gasteiger partial charge in [0.25, 0.3) is 5.91 Å². The summed E-state index contributed by atoms with van der Waals surface area (Å²) in [6, 6.07) is 4.29. The van der Waals surface area contributed by atoms with E-state index in [1.807, 2.05) is 0 Å². The summed E-state index contributed by atoms with van der Waals surface area (Å²) in [6.07, 6.45) is 2.12. The Morgan fingerprint density at radius 2 is 2.11 bits per heavy atom. The quantitative estimate of drug-likeness (QED) is 0.724. The summed E-state index contributed by atoms with van der Waals surface area (Å²) in [5, 5.41) is 11.5. The van der Waals surface area contributed by atoms with E-state index >= 15 is 0 Å². The van der Waals surface area contributed by atoms with E-state index < -0.39 is 17.4 Å². The number of aliphatic carboxylic acids is 1. The van der Waals surface area contributed by atoms with Crippen molar-refractivity contribution in [1.29, 1.82) is 0 Å². The zero-order chi connectivity index (χ0) is 13.2. The van der Waals surface area contributed by atoms with Crippen molar-refractivity contribution in [3.63, 3.8) is 0 Å². The number of rotatable bonds is 4. The van der Waals surface area contributed by atoms with E-state index in [2.05, 4.69) is 10.3 Å². The van der Waals surface area contributed by atoms with Crippen molar-refractivity contribution in [2.45, 2.75) is 31.2 Å². The van der Waals surface area contributed by atoms with Crippen LogP contribution in [-0.2, 0) is 4.79 Å². The van der Waals surface area contributed by atoms with Crippen LogP contribution in [0.1, 0.15) is 36.2 Å². The summed E-state index contributed by atoms with van der Waals surface area (Å²) in [4.78, 5) is 36.2. The number of hydrogen-bond acceptors (Lipinski definition) is 3. The van der Waals surface area contributed by atoms with Crippen LogP contribution in [0.15, 0.2) is 23.0 Å². The van der Waals surface area contributed by atoms with E-state index in [0.29, 0.717) is 12.8 Å². The van der Waals surface area contributed by atoms with Gasteiger partial charge >= 0.3 is 5.97 Å². The molecule has 1 aliphatic carbocycles. The molecular weight excluding hydrogens is 236 g/mol. The number of H-pyrrole nitrogens is 1. The van der Waals surface area contributed by atoms with Crippen LogP contribution in [0, 0.1) is 0 Å². The number of hydrogen-bond donors (Lipinski definition) is 3. The second-order valence-corrected chi connectivity index (χ2v) is 4.59. The second-order valence-electron chi connectivity index (χ2n) is 4.59.